The van der Waals surface area contributed by atoms with Gasteiger partial charge in [0.15, 0.2) is 0 Å². The van der Waals surface area contributed by atoms with Crippen LogP contribution in [0, 0.1) is 6.92 Å². The number of anilines is 3. The maximum Gasteiger partial charge on any atom is 0.135 e. The normalized spacial score (nSPS) is 11.6. The summed E-state index contributed by atoms with van der Waals surface area (Å²) in [6.07, 6.45) is 0. The van der Waals surface area contributed by atoms with Crippen molar-refractivity contribution in [2.75, 3.05) is 4.90 Å². The molecule has 0 fully saturated rings. The van der Waals surface area contributed by atoms with Gasteiger partial charge >= 0.3 is 0 Å². The van der Waals surface area contributed by atoms with Crippen molar-refractivity contribution in [1.82, 2.24) is 0 Å². The third kappa shape index (κ3) is 4.44. The predicted octanol–water partition coefficient (Wildman–Crippen LogP) is 12.6. The zero-order valence-corrected chi connectivity index (χ0v) is 25.3. The summed E-state index contributed by atoms with van der Waals surface area (Å²) >= 11 is 0. The number of hydrogen-bond donors (Lipinski definition) is 0. The van der Waals surface area contributed by atoms with E-state index in [9.17, 15) is 0 Å². The molecule has 0 spiro atoms. The molecule has 0 N–H and O–H groups in total. The average molecular weight is 592 g/mol. The summed E-state index contributed by atoms with van der Waals surface area (Å²) < 4.78 is 12.1. The quantitative estimate of drug-likeness (QED) is 0.199. The van der Waals surface area contributed by atoms with Gasteiger partial charge in [0.1, 0.15) is 22.3 Å². The molecule has 218 valence electrons. The van der Waals surface area contributed by atoms with Crippen LogP contribution in [0.2, 0.25) is 0 Å². The van der Waals surface area contributed by atoms with Crippen LogP contribution >= 0.6 is 0 Å². The molecule has 3 heteroatoms. The largest absolute Gasteiger partial charge is 0.456 e. The highest BCUT2D eigenvalue weighted by Crippen LogP contribution is 2.39. The van der Waals surface area contributed by atoms with Crippen LogP contribution in [0.1, 0.15) is 5.56 Å². The lowest BCUT2D eigenvalue weighted by molar-refractivity contribution is 0.668. The Morgan fingerprint density at radius 3 is 1.17 bits per heavy atom. The van der Waals surface area contributed by atoms with Gasteiger partial charge in [-0.25, -0.2) is 0 Å². The lowest BCUT2D eigenvalue weighted by atomic mass is 10.0. The number of hydrogen-bond acceptors (Lipinski definition) is 3. The highest BCUT2D eigenvalue weighted by molar-refractivity contribution is 6.07. The van der Waals surface area contributed by atoms with E-state index < -0.39 is 0 Å². The van der Waals surface area contributed by atoms with E-state index in [1.807, 2.05) is 24.3 Å². The second-order valence-electron chi connectivity index (χ2n) is 11.9. The molecule has 0 unspecified atom stereocenters. The molecule has 9 rings (SSSR count). The van der Waals surface area contributed by atoms with E-state index in [-0.39, 0.29) is 0 Å². The number of fused-ring (bicyclic) bond motifs is 6. The molecule has 7 aromatic carbocycles. The standard InChI is InChI=1S/C43H29NO2/c1-28-10-18-33(19-11-28)44(34-20-12-29(13-21-34)31-16-24-42-38(26-31)36-6-2-4-8-40(36)45-42)35-22-14-30(15-23-35)32-17-25-43-39(27-32)37-7-3-5-9-41(37)46-43/h2-27H,1H3. The molecule has 0 atom stereocenters. The number of aryl methyl sites for hydroxylation is 1. The highest BCUT2D eigenvalue weighted by Gasteiger charge is 2.15. The van der Waals surface area contributed by atoms with E-state index in [1.165, 1.54) is 16.7 Å². The van der Waals surface area contributed by atoms with Gasteiger partial charge in [0.25, 0.3) is 0 Å². The van der Waals surface area contributed by atoms with Gasteiger partial charge in [-0.1, -0.05) is 90.5 Å². The van der Waals surface area contributed by atoms with Gasteiger partial charge in [0, 0.05) is 38.6 Å². The SMILES string of the molecule is Cc1ccc(N(c2ccc(-c3ccc4oc5ccccc5c4c3)cc2)c2ccc(-c3ccc4oc5ccccc5c4c3)cc2)cc1. The second-order valence-corrected chi connectivity index (χ2v) is 11.9. The van der Waals surface area contributed by atoms with Crippen molar-refractivity contribution in [3.63, 3.8) is 0 Å². The molecule has 0 saturated heterocycles. The summed E-state index contributed by atoms with van der Waals surface area (Å²) in [5.41, 5.74) is 12.9. The Kier molecular flexibility index (Phi) is 6.04. The van der Waals surface area contributed by atoms with Crippen molar-refractivity contribution in [2.45, 2.75) is 6.92 Å². The molecule has 0 aliphatic rings. The van der Waals surface area contributed by atoms with E-state index in [1.54, 1.807) is 0 Å². The van der Waals surface area contributed by atoms with Crippen LogP contribution in [0.4, 0.5) is 17.1 Å². The summed E-state index contributed by atoms with van der Waals surface area (Å²) in [6, 6.07) is 55.7. The van der Waals surface area contributed by atoms with Gasteiger partial charge < -0.3 is 13.7 Å². The van der Waals surface area contributed by atoms with Gasteiger partial charge in [0.05, 0.1) is 0 Å². The fourth-order valence-corrected chi connectivity index (χ4v) is 6.56. The molecule has 0 saturated carbocycles. The minimum Gasteiger partial charge on any atom is -0.456 e. The topological polar surface area (TPSA) is 29.5 Å². The van der Waals surface area contributed by atoms with Gasteiger partial charge in [-0.3, -0.25) is 0 Å². The highest BCUT2D eigenvalue weighted by atomic mass is 16.3. The van der Waals surface area contributed by atoms with E-state index in [4.69, 9.17) is 8.83 Å². The lowest BCUT2D eigenvalue weighted by Gasteiger charge is -2.26. The van der Waals surface area contributed by atoms with Crippen LogP contribution in [0.5, 0.6) is 0 Å². The number of rotatable bonds is 5. The van der Waals surface area contributed by atoms with Gasteiger partial charge in [-0.2, -0.15) is 0 Å². The van der Waals surface area contributed by atoms with Gasteiger partial charge in [-0.15, -0.1) is 0 Å². The molecule has 2 heterocycles. The van der Waals surface area contributed by atoms with E-state index in [0.29, 0.717) is 0 Å². The Labute approximate surface area is 266 Å². The Balaban J connectivity index is 1.08. The Morgan fingerprint density at radius 1 is 0.348 bits per heavy atom. The van der Waals surface area contributed by atoms with E-state index in [2.05, 4.69) is 145 Å². The molecule has 0 bridgehead atoms. The third-order valence-electron chi connectivity index (χ3n) is 8.96. The first kappa shape index (κ1) is 26.4. The Morgan fingerprint density at radius 2 is 0.717 bits per heavy atom. The van der Waals surface area contributed by atoms with Crippen LogP contribution < -0.4 is 4.90 Å². The van der Waals surface area contributed by atoms with E-state index in [0.717, 1.165) is 72.1 Å². The van der Waals surface area contributed by atoms with Crippen molar-refractivity contribution in [3.05, 3.63) is 163 Å². The molecule has 0 radical (unpaired) electrons. The molecule has 0 amide bonds. The zero-order valence-electron chi connectivity index (χ0n) is 25.3. The number of nitrogens with zero attached hydrogens (tertiary/aromatic N) is 1. The molecular weight excluding hydrogens is 562 g/mol. The van der Waals surface area contributed by atoms with Crippen molar-refractivity contribution in [1.29, 1.82) is 0 Å². The third-order valence-corrected chi connectivity index (χ3v) is 8.96. The summed E-state index contributed by atoms with van der Waals surface area (Å²) in [7, 11) is 0. The Hall–Kier alpha value is -6.06. The van der Waals surface area contributed by atoms with E-state index >= 15 is 0 Å². The summed E-state index contributed by atoms with van der Waals surface area (Å²) in [5.74, 6) is 0. The average Bonchev–Trinajstić information content (AvgIpc) is 3.67. The molecule has 2 aromatic heterocycles. The number of benzene rings is 7. The van der Waals surface area contributed by atoms with Gasteiger partial charge in [-0.05, 0) is 102 Å². The minimum absolute atomic E-state index is 0.911. The van der Waals surface area contributed by atoms with Crippen molar-refractivity contribution < 1.29 is 8.83 Å². The van der Waals surface area contributed by atoms with Crippen molar-refractivity contribution in [3.8, 4) is 22.3 Å². The lowest BCUT2D eigenvalue weighted by Crippen LogP contribution is -2.09. The summed E-state index contributed by atoms with van der Waals surface area (Å²) in [4.78, 5) is 2.31. The molecule has 46 heavy (non-hydrogen) atoms. The predicted molar refractivity (Wildman–Crippen MR) is 191 cm³/mol. The maximum absolute atomic E-state index is 6.06. The second kappa shape index (κ2) is 10.5. The van der Waals surface area contributed by atoms with Crippen molar-refractivity contribution in [2.24, 2.45) is 0 Å². The first-order valence-electron chi connectivity index (χ1n) is 15.6. The van der Waals surface area contributed by atoms with Gasteiger partial charge in [0.2, 0.25) is 0 Å². The minimum atomic E-state index is 0.911. The smallest absolute Gasteiger partial charge is 0.135 e. The van der Waals surface area contributed by atoms with Crippen LogP contribution in [0.15, 0.2) is 167 Å². The summed E-state index contributed by atoms with van der Waals surface area (Å²) in [5, 5.41) is 4.56. The first-order chi connectivity index (χ1) is 22.7. The Bertz CT molecular complexity index is 2360. The molecular formula is C43H29NO2. The molecule has 0 aliphatic carbocycles. The van der Waals surface area contributed by atoms with Crippen LogP contribution in [0.25, 0.3) is 66.1 Å². The molecule has 3 nitrogen and oxygen atoms in total. The summed E-state index contributed by atoms with van der Waals surface area (Å²) in [6.45, 7) is 2.12. The molecule has 9 aromatic rings. The molecule has 0 aliphatic heterocycles. The number of para-hydroxylation sites is 2. The van der Waals surface area contributed by atoms with Crippen molar-refractivity contribution >= 4 is 60.9 Å². The van der Waals surface area contributed by atoms with Crippen LogP contribution in [-0.2, 0) is 0 Å². The van der Waals surface area contributed by atoms with Crippen LogP contribution in [0.3, 0.4) is 0 Å². The fourth-order valence-electron chi connectivity index (χ4n) is 6.56. The number of furan rings is 2. The monoisotopic (exact) mass is 591 g/mol. The zero-order chi connectivity index (χ0) is 30.6. The maximum atomic E-state index is 6.06. The first-order valence-corrected chi connectivity index (χ1v) is 15.6. The van der Waals surface area contributed by atoms with Crippen LogP contribution in [-0.4, -0.2) is 0 Å². The fraction of sp³-hybridized carbons (Fsp3) is 0.0233.